The molecule has 2 atom stereocenters. The topological polar surface area (TPSA) is 61.3 Å². The summed E-state index contributed by atoms with van der Waals surface area (Å²) in [5.41, 5.74) is -0.493. The van der Waals surface area contributed by atoms with Gasteiger partial charge < -0.3 is 9.47 Å². The summed E-state index contributed by atoms with van der Waals surface area (Å²) < 4.78 is 11.0. The van der Waals surface area contributed by atoms with E-state index in [1.165, 1.54) is 19.5 Å². The molecule has 0 aliphatic heterocycles. The summed E-state index contributed by atoms with van der Waals surface area (Å²) in [4.78, 5) is 21.2. The van der Waals surface area contributed by atoms with E-state index in [9.17, 15) is 4.79 Å². The van der Waals surface area contributed by atoms with Crippen LogP contribution in [0.5, 0.6) is 5.88 Å². The Morgan fingerprint density at radius 1 is 1.45 bits per heavy atom. The molecule has 0 aromatic carbocycles. The lowest BCUT2D eigenvalue weighted by Crippen LogP contribution is -2.46. The van der Waals surface area contributed by atoms with Gasteiger partial charge in [0.2, 0.25) is 11.7 Å². The fraction of sp³-hybridized carbons (Fsp3) is 0.667. The second-order valence-corrected chi connectivity index (χ2v) is 5.37. The van der Waals surface area contributed by atoms with E-state index in [0.717, 1.165) is 25.7 Å². The van der Waals surface area contributed by atoms with Gasteiger partial charge in [-0.15, -0.1) is 0 Å². The van der Waals surface area contributed by atoms with Crippen LogP contribution in [0, 0.1) is 5.92 Å². The Labute approximate surface area is 119 Å². The van der Waals surface area contributed by atoms with Gasteiger partial charge in [0.15, 0.2) is 5.69 Å². The van der Waals surface area contributed by atoms with Crippen LogP contribution in [0.1, 0.15) is 50.0 Å². The van der Waals surface area contributed by atoms with E-state index in [2.05, 4.69) is 16.9 Å². The first-order chi connectivity index (χ1) is 9.63. The molecule has 20 heavy (non-hydrogen) atoms. The lowest BCUT2D eigenvalue weighted by atomic mass is 9.75. The Kier molecular flexibility index (Phi) is 4.70. The molecule has 2 unspecified atom stereocenters. The van der Waals surface area contributed by atoms with Crippen molar-refractivity contribution in [2.45, 2.75) is 45.1 Å². The van der Waals surface area contributed by atoms with Crippen molar-refractivity contribution in [1.82, 2.24) is 9.97 Å². The normalized spacial score (nSPS) is 26.2. The molecule has 2 rings (SSSR count). The van der Waals surface area contributed by atoms with Crippen molar-refractivity contribution in [2.75, 3.05) is 13.7 Å². The molecule has 0 spiro atoms. The molecule has 1 aliphatic carbocycles. The van der Waals surface area contributed by atoms with Crippen LogP contribution < -0.4 is 4.74 Å². The van der Waals surface area contributed by atoms with E-state index < -0.39 is 5.60 Å². The first-order valence-electron chi connectivity index (χ1n) is 7.16. The van der Waals surface area contributed by atoms with Gasteiger partial charge in [-0.2, -0.15) is 0 Å². The van der Waals surface area contributed by atoms with Crippen LogP contribution in [0.2, 0.25) is 0 Å². The zero-order valence-corrected chi connectivity index (χ0v) is 12.4. The third kappa shape index (κ3) is 2.82. The SMILES string of the molecule is CCOC1(C(=O)c2nccnc2OC)CCCC(C)C1. The highest BCUT2D eigenvalue weighted by molar-refractivity contribution is 6.02. The minimum Gasteiger partial charge on any atom is -0.479 e. The van der Waals surface area contributed by atoms with Gasteiger partial charge in [-0.05, 0) is 32.1 Å². The zero-order chi connectivity index (χ0) is 14.6. The monoisotopic (exact) mass is 278 g/mol. The van der Waals surface area contributed by atoms with Crippen LogP contribution in [0.3, 0.4) is 0 Å². The smallest absolute Gasteiger partial charge is 0.243 e. The first-order valence-corrected chi connectivity index (χ1v) is 7.16. The van der Waals surface area contributed by atoms with Crippen LogP contribution in [0.25, 0.3) is 0 Å². The third-order valence-electron chi connectivity index (χ3n) is 3.86. The quantitative estimate of drug-likeness (QED) is 0.775. The summed E-state index contributed by atoms with van der Waals surface area (Å²) in [6.45, 7) is 4.59. The number of carbonyl (C=O) groups excluding carboxylic acids is 1. The molecule has 1 aliphatic rings. The van der Waals surface area contributed by atoms with Gasteiger partial charge in [0.1, 0.15) is 5.60 Å². The largest absolute Gasteiger partial charge is 0.479 e. The maximum atomic E-state index is 12.9. The van der Waals surface area contributed by atoms with E-state index in [4.69, 9.17) is 9.47 Å². The highest BCUT2D eigenvalue weighted by atomic mass is 16.5. The predicted molar refractivity (Wildman–Crippen MR) is 74.9 cm³/mol. The standard InChI is InChI=1S/C15H22N2O3/c1-4-20-15(7-5-6-11(2)10-15)13(18)12-14(19-3)17-9-8-16-12/h8-9,11H,4-7,10H2,1-3H3. The number of methoxy groups -OCH3 is 1. The van der Waals surface area contributed by atoms with Crippen LogP contribution >= 0.6 is 0 Å². The molecular weight excluding hydrogens is 256 g/mol. The molecule has 5 heteroatoms. The van der Waals surface area contributed by atoms with Gasteiger partial charge in [0.05, 0.1) is 7.11 Å². The highest BCUT2D eigenvalue weighted by Crippen LogP contribution is 2.38. The number of carbonyl (C=O) groups is 1. The first kappa shape index (κ1) is 14.9. The van der Waals surface area contributed by atoms with Crippen LogP contribution in [0.4, 0.5) is 0 Å². The second kappa shape index (κ2) is 6.31. The molecule has 1 aromatic heterocycles. The van der Waals surface area contributed by atoms with Crippen molar-refractivity contribution in [3.8, 4) is 5.88 Å². The summed E-state index contributed by atoms with van der Waals surface area (Å²) in [5.74, 6) is 0.646. The fourth-order valence-corrected chi connectivity index (χ4v) is 3.03. The van der Waals surface area contributed by atoms with Gasteiger partial charge in [0, 0.05) is 19.0 Å². The van der Waals surface area contributed by atoms with Gasteiger partial charge >= 0.3 is 0 Å². The van der Waals surface area contributed by atoms with Gasteiger partial charge in [0.25, 0.3) is 0 Å². The Morgan fingerprint density at radius 2 is 2.20 bits per heavy atom. The molecule has 0 amide bonds. The Morgan fingerprint density at radius 3 is 2.85 bits per heavy atom. The van der Waals surface area contributed by atoms with Crippen LogP contribution in [-0.2, 0) is 4.74 Å². The molecule has 1 saturated carbocycles. The van der Waals surface area contributed by atoms with E-state index in [0.29, 0.717) is 12.5 Å². The number of hydrogen-bond donors (Lipinski definition) is 0. The molecule has 0 bridgehead atoms. The molecule has 1 aromatic rings. The summed E-state index contributed by atoms with van der Waals surface area (Å²) in [6.07, 6.45) is 6.65. The Bertz CT molecular complexity index is 474. The Balaban J connectivity index is 2.36. The van der Waals surface area contributed by atoms with Gasteiger partial charge in [-0.3, -0.25) is 4.79 Å². The minimum atomic E-state index is -0.768. The minimum absolute atomic E-state index is 0.101. The maximum Gasteiger partial charge on any atom is 0.243 e. The van der Waals surface area contributed by atoms with Crippen LogP contribution in [0.15, 0.2) is 12.4 Å². The zero-order valence-electron chi connectivity index (χ0n) is 12.4. The van der Waals surface area contributed by atoms with Crippen molar-refractivity contribution >= 4 is 5.78 Å². The molecule has 1 fully saturated rings. The number of ether oxygens (including phenoxy) is 2. The Hall–Kier alpha value is -1.49. The van der Waals surface area contributed by atoms with Crippen molar-refractivity contribution in [1.29, 1.82) is 0 Å². The average molecular weight is 278 g/mol. The lowest BCUT2D eigenvalue weighted by molar-refractivity contribution is -0.0516. The number of Topliss-reactive ketones (excluding diaryl/α,β-unsaturated/α-hetero) is 1. The molecule has 1 heterocycles. The van der Waals surface area contributed by atoms with E-state index in [1.807, 2.05) is 6.92 Å². The number of rotatable bonds is 5. The number of aromatic nitrogens is 2. The molecule has 0 radical (unpaired) electrons. The molecule has 110 valence electrons. The predicted octanol–water partition coefficient (Wildman–Crippen LogP) is 2.65. The van der Waals surface area contributed by atoms with Crippen molar-refractivity contribution < 1.29 is 14.3 Å². The molecule has 0 saturated heterocycles. The van der Waals surface area contributed by atoms with Crippen molar-refractivity contribution in [2.24, 2.45) is 5.92 Å². The molecule has 5 nitrogen and oxygen atoms in total. The number of hydrogen-bond acceptors (Lipinski definition) is 5. The van der Waals surface area contributed by atoms with Gasteiger partial charge in [-0.1, -0.05) is 13.3 Å². The summed E-state index contributed by atoms with van der Waals surface area (Å²) in [5, 5.41) is 0. The third-order valence-corrected chi connectivity index (χ3v) is 3.86. The summed E-state index contributed by atoms with van der Waals surface area (Å²) in [7, 11) is 1.50. The van der Waals surface area contributed by atoms with E-state index in [-0.39, 0.29) is 17.4 Å². The molecular formula is C15H22N2O3. The average Bonchev–Trinajstić information content (AvgIpc) is 2.46. The highest BCUT2D eigenvalue weighted by Gasteiger charge is 2.44. The second-order valence-electron chi connectivity index (χ2n) is 5.37. The summed E-state index contributed by atoms with van der Waals surface area (Å²) in [6, 6.07) is 0. The summed E-state index contributed by atoms with van der Waals surface area (Å²) >= 11 is 0. The lowest BCUT2D eigenvalue weighted by Gasteiger charge is -2.38. The van der Waals surface area contributed by atoms with Gasteiger partial charge in [-0.25, -0.2) is 9.97 Å². The molecule has 0 N–H and O–H groups in total. The number of ketones is 1. The van der Waals surface area contributed by atoms with E-state index in [1.54, 1.807) is 0 Å². The van der Waals surface area contributed by atoms with Crippen molar-refractivity contribution in [3.63, 3.8) is 0 Å². The number of nitrogens with zero attached hydrogens (tertiary/aromatic N) is 2. The van der Waals surface area contributed by atoms with Crippen LogP contribution in [-0.4, -0.2) is 35.1 Å². The van der Waals surface area contributed by atoms with E-state index >= 15 is 0 Å². The van der Waals surface area contributed by atoms with Crippen molar-refractivity contribution in [3.05, 3.63) is 18.1 Å². The maximum absolute atomic E-state index is 12.9. The fourth-order valence-electron chi connectivity index (χ4n) is 3.03.